The molecule has 0 aromatic heterocycles. The van der Waals surface area contributed by atoms with Crippen molar-refractivity contribution in [1.82, 2.24) is 0 Å². The first-order valence-corrected chi connectivity index (χ1v) is 5.80. The molecular formula is C13H18O2. The van der Waals surface area contributed by atoms with Crippen molar-refractivity contribution in [2.75, 3.05) is 13.2 Å². The summed E-state index contributed by atoms with van der Waals surface area (Å²) in [7, 11) is 0. The minimum Gasteiger partial charge on any atom is -0.380 e. The summed E-state index contributed by atoms with van der Waals surface area (Å²) in [6.07, 6.45) is 3.35. The number of ether oxygens (including phenoxy) is 1. The van der Waals surface area contributed by atoms with Crippen LogP contribution in [0.5, 0.6) is 0 Å². The molecule has 3 aliphatic carbocycles. The lowest BCUT2D eigenvalue weighted by Gasteiger charge is -2.52. The number of ketones is 1. The number of Topliss-reactive ketones (excluding diaryl/α,β-unsaturated/α-hetero) is 1. The van der Waals surface area contributed by atoms with Crippen LogP contribution in [-0.2, 0) is 9.53 Å². The maximum atomic E-state index is 12.5. The van der Waals surface area contributed by atoms with Crippen molar-refractivity contribution in [3.8, 4) is 0 Å². The molecule has 1 saturated heterocycles. The number of allylic oxidation sites excluding steroid dienone is 1. The number of hydrogen-bond donors (Lipinski definition) is 0. The van der Waals surface area contributed by atoms with Crippen molar-refractivity contribution in [3.63, 3.8) is 0 Å². The van der Waals surface area contributed by atoms with Crippen LogP contribution >= 0.6 is 0 Å². The predicted molar refractivity (Wildman–Crippen MR) is 57.4 cm³/mol. The summed E-state index contributed by atoms with van der Waals surface area (Å²) in [6.45, 7) is 7.78. The normalized spacial score (nSPS) is 46.6. The highest BCUT2D eigenvalue weighted by atomic mass is 16.5. The molecule has 3 atom stereocenters. The van der Waals surface area contributed by atoms with Gasteiger partial charge in [-0.25, -0.2) is 0 Å². The molecule has 2 fully saturated rings. The molecule has 1 spiro atoms. The quantitative estimate of drug-likeness (QED) is 0.568. The second kappa shape index (κ2) is 2.54. The molecule has 1 aliphatic heterocycles. The van der Waals surface area contributed by atoms with Crippen molar-refractivity contribution in [2.45, 2.75) is 27.2 Å². The van der Waals surface area contributed by atoms with E-state index >= 15 is 0 Å². The Morgan fingerprint density at radius 2 is 2.20 bits per heavy atom. The number of rotatable bonds is 0. The molecule has 4 rings (SSSR count). The zero-order valence-electron chi connectivity index (χ0n) is 9.67. The number of fused-ring (bicyclic) bond motifs is 1. The summed E-state index contributed by atoms with van der Waals surface area (Å²) in [5.74, 6) is 1.31. The third kappa shape index (κ3) is 0.919. The summed E-state index contributed by atoms with van der Waals surface area (Å²) in [5, 5.41) is 0. The van der Waals surface area contributed by atoms with Gasteiger partial charge in [-0.2, -0.15) is 0 Å². The van der Waals surface area contributed by atoms with Crippen molar-refractivity contribution < 1.29 is 9.53 Å². The molecule has 0 N–H and O–H groups in total. The van der Waals surface area contributed by atoms with E-state index in [-0.39, 0.29) is 10.8 Å². The monoisotopic (exact) mass is 206 g/mol. The van der Waals surface area contributed by atoms with E-state index < -0.39 is 0 Å². The van der Waals surface area contributed by atoms with Crippen molar-refractivity contribution in [2.24, 2.45) is 22.7 Å². The first kappa shape index (κ1) is 9.59. The second-order valence-corrected chi connectivity index (χ2v) is 5.98. The minimum atomic E-state index is -0.262. The average molecular weight is 206 g/mol. The third-order valence-electron chi connectivity index (χ3n) is 4.82. The summed E-state index contributed by atoms with van der Waals surface area (Å²) >= 11 is 0. The predicted octanol–water partition coefficient (Wildman–Crippen LogP) is 2.19. The molecule has 4 aliphatic rings. The Morgan fingerprint density at radius 1 is 1.47 bits per heavy atom. The molecule has 0 amide bonds. The van der Waals surface area contributed by atoms with E-state index in [0.29, 0.717) is 24.2 Å². The van der Waals surface area contributed by atoms with Gasteiger partial charge in [0.2, 0.25) is 0 Å². The molecule has 2 heteroatoms. The highest BCUT2D eigenvalue weighted by molar-refractivity contribution is 5.95. The number of carbonyl (C=O) groups excluding carboxylic acids is 1. The van der Waals surface area contributed by atoms with E-state index in [0.717, 1.165) is 13.0 Å². The summed E-state index contributed by atoms with van der Waals surface area (Å²) in [5.41, 5.74) is 0.965. The molecule has 2 nitrogen and oxygen atoms in total. The highest BCUT2D eigenvalue weighted by Crippen LogP contribution is 2.59. The first-order chi connectivity index (χ1) is 6.98. The van der Waals surface area contributed by atoms with E-state index in [1.807, 2.05) is 0 Å². The Balaban J connectivity index is 2.20. The number of carbonyl (C=O) groups is 1. The summed E-state index contributed by atoms with van der Waals surface area (Å²) in [4.78, 5) is 12.5. The Bertz CT molecular complexity index is 367. The van der Waals surface area contributed by atoms with Crippen LogP contribution in [0.3, 0.4) is 0 Å². The molecule has 0 aromatic rings. The van der Waals surface area contributed by atoms with Gasteiger partial charge < -0.3 is 4.74 Å². The topological polar surface area (TPSA) is 26.3 Å². The maximum absolute atomic E-state index is 12.5. The zero-order valence-corrected chi connectivity index (χ0v) is 9.67. The van der Waals surface area contributed by atoms with Gasteiger partial charge in [0.25, 0.3) is 0 Å². The van der Waals surface area contributed by atoms with Gasteiger partial charge in [0.15, 0.2) is 5.78 Å². The largest absolute Gasteiger partial charge is 0.380 e. The van der Waals surface area contributed by atoms with Crippen LogP contribution in [0.25, 0.3) is 0 Å². The minimum absolute atomic E-state index is 0.178. The molecule has 1 saturated carbocycles. The molecule has 0 radical (unpaired) electrons. The van der Waals surface area contributed by atoms with Crippen molar-refractivity contribution in [1.29, 1.82) is 0 Å². The Labute approximate surface area is 90.7 Å². The summed E-state index contributed by atoms with van der Waals surface area (Å²) in [6, 6.07) is 0. The molecule has 0 aromatic carbocycles. The molecule has 2 bridgehead atoms. The van der Waals surface area contributed by atoms with Gasteiger partial charge in [-0.15, -0.1) is 0 Å². The Kier molecular flexibility index (Phi) is 1.62. The van der Waals surface area contributed by atoms with Gasteiger partial charge in [-0.1, -0.05) is 25.5 Å². The van der Waals surface area contributed by atoms with Gasteiger partial charge >= 0.3 is 0 Å². The molecule has 82 valence electrons. The van der Waals surface area contributed by atoms with Crippen LogP contribution < -0.4 is 0 Å². The van der Waals surface area contributed by atoms with Crippen LogP contribution in [0.2, 0.25) is 0 Å². The second-order valence-electron chi connectivity index (χ2n) is 5.98. The van der Waals surface area contributed by atoms with E-state index in [1.165, 1.54) is 5.57 Å². The van der Waals surface area contributed by atoms with E-state index in [2.05, 4.69) is 26.8 Å². The molecule has 1 heterocycles. The van der Waals surface area contributed by atoms with Crippen LogP contribution in [0.15, 0.2) is 11.6 Å². The Morgan fingerprint density at radius 3 is 2.93 bits per heavy atom. The average Bonchev–Trinajstić information content (AvgIpc) is 2.56. The molecule has 15 heavy (non-hydrogen) atoms. The van der Waals surface area contributed by atoms with Gasteiger partial charge in [0, 0.05) is 11.3 Å². The standard InChI is InChI=1S/C13H18O2/c1-8-5-13-7-15-6-9(13)4-10(8)12(2,3)11(13)14/h5,9-10H,4,6-7H2,1-3H3/t9-,10+,13-/m1/s1. The van der Waals surface area contributed by atoms with Gasteiger partial charge in [-0.3, -0.25) is 4.79 Å². The summed E-state index contributed by atoms with van der Waals surface area (Å²) < 4.78 is 5.56. The lowest BCUT2D eigenvalue weighted by Crippen LogP contribution is -2.56. The van der Waals surface area contributed by atoms with Gasteiger partial charge in [0.05, 0.1) is 18.6 Å². The van der Waals surface area contributed by atoms with Crippen LogP contribution in [-0.4, -0.2) is 19.0 Å². The fourth-order valence-electron chi connectivity index (χ4n) is 3.99. The lowest BCUT2D eigenvalue weighted by atomic mass is 9.48. The smallest absolute Gasteiger partial charge is 0.151 e. The zero-order chi connectivity index (χ0) is 10.8. The fourth-order valence-corrected chi connectivity index (χ4v) is 3.99. The third-order valence-corrected chi connectivity index (χ3v) is 4.82. The first-order valence-electron chi connectivity index (χ1n) is 5.80. The van der Waals surface area contributed by atoms with Crippen molar-refractivity contribution >= 4 is 5.78 Å². The van der Waals surface area contributed by atoms with Crippen LogP contribution in [0.1, 0.15) is 27.2 Å². The van der Waals surface area contributed by atoms with Crippen LogP contribution in [0, 0.1) is 22.7 Å². The van der Waals surface area contributed by atoms with Crippen LogP contribution in [0.4, 0.5) is 0 Å². The SMILES string of the molecule is CC1=C[C@@]23COC[C@H]2C[C@@H]1C(C)(C)C3=O. The van der Waals surface area contributed by atoms with Gasteiger partial charge in [-0.05, 0) is 19.3 Å². The molecular weight excluding hydrogens is 188 g/mol. The maximum Gasteiger partial charge on any atom is 0.151 e. The fraction of sp³-hybridized carbons (Fsp3) is 0.769. The number of hydrogen-bond acceptors (Lipinski definition) is 2. The molecule has 0 unspecified atom stereocenters. The van der Waals surface area contributed by atoms with E-state index in [9.17, 15) is 4.79 Å². The van der Waals surface area contributed by atoms with E-state index in [1.54, 1.807) is 0 Å². The highest BCUT2D eigenvalue weighted by Gasteiger charge is 2.62. The lowest BCUT2D eigenvalue weighted by molar-refractivity contribution is -0.146. The Hall–Kier alpha value is -0.630. The van der Waals surface area contributed by atoms with Crippen molar-refractivity contribution in [3.05, 3.63) is 11.6 Å². The van der Waals surface area contributed by atoms with Gasteiger partial charge in [0.1, 0.15) is 0 Å². The van der Waals surface area contributed by atoms with E-state index in [4.69, 9.17) is 4.74 Å².